The van der Waals surface area contributed by atoms with Gasteiger partial charge in [0.2, 0.25) is 0 Å². The SMILES string of the molecule is CCCCC(CC)CNC(=O)c1cc(C)nc(Cl)c1. The fourth-order valence-electron chi connectivity index (χ4n) is 2.04. The fraction of sp³-hybridized carbons (Fsp3) is 0.600. The van der Waals surface area contributed by atoms with Gasteiger partial charge in [-0.2, -0.15) is 0 Å². The van der Waals surface area contributed by atoms with Crippen LogP contribution in [-0.4, -0.2) is 17.4 Å². The Kier molecular flexibility index (Phi) is 6.85. The number of aromatic nitrogens is 1. The third-order valence-corrected chi connectivity index (χ3v) is 3.47. The molecule has 19 heavy (non-hydrogen) atoms. The van der Waals surface area contributed by atoms with E-state index >= 15 is 0 Å². The maximum absolute atomic E-state index is 12.0. The number of pyridine rings is 1. The van der Waals surface area contributed by atoms with E-state index in [1.54, 1.807) is 12.1 Å². The molecule has 0 radical (unpaired) electrons. The highest BCUT2D eigenvalue weighted by Crippen LogP contribution is 2.13. The van der Waals surface area contributed by atoms with Gasteiger partial charge >= 0.3 is 0 Å². The molecule has 1 N–H and O–H groups in total. The van der Waals surface area contributed by atoms with E-state index in [4.69, 9.17) is 11.6 Å². The van der Waals surface area contributed by atoms with Crippen LogP contribution in [-0.2, 0) is 0 Å². The van der Waals surface area contributed by atoms with Crippen LogP contribution in [0.3, 0.4) is 0 Å². The smallest absolute Gasteiger partial charge is 0.251 e. The Morgan fingerprint density at radius 3 is 2.74 bits per heavy atom. The summed E-state index contributed by atoms with van der Waals surface area (Å²) in [5, 5.41) is 3.35. The number of hydrogen-bond acceptors (Lipinski definition) is 2. The molecule has 0 fully saturated rings. The van der Waals surface area contributed by atoms with Crippen LogP contribution in [0.25, 0.3) is 0 Å². The summed E-state index contributed by atoms with van der Waals surface area (Å²) < 4.78 is 0. The van der Waals surface area contributed by atoms with Gasteiger partial charge in [-0.3, -0.25) is 4.79 Å². The molecule has 1 aromatic heterocycles. The van der Waals surface area contributed by atoms with Crippen molar-refractivity contribution in [3.8, 4) is 0 Å². The molecule has 1 aromatic rings. The van der Waals surface area contributed by atoms with Crippen molar-refractivity contribution in [1.82, 2.24) is 10.3 Å². The standard InChI is InChI=1S/C15H23ClN2O/c1-4-6-7-12(5-2)10-17-15(19)13-8-11(3)18-14(16)9-13/h8-9,12H,4-7,10H2,1-3H3,(H,17,19). The van der Waals surface area contributed by atoms with E-state index < -0.39 is 0 Å². The fourth-order valence-corrected chi connectivity index (χ4v) is 2.29. The lowest BCUT2D eigenvalue weighted by Gasteiger charge is -2.15. The zero-order valence-corrected chi connectivity index (χ0v) is 12.8. The van der Waals surface area contributed by atoms with Crippen molar-refractivity contribution >= 4 is 17.5 Å². The van der Waals surface area contributed by atoms with Gasteiger partial charge in [-0.15, -0.1) is 0 Å². The topological polar surface area (TPSA) is 42.0 Å². The van der Waals surface area contributed by atoms with Crippen LogP contribution in [0.15, 0.2) is 12.1 Å². The molecule has 1 amide bonds. The number of hydrogen-bond donors (Lipinski definition) is 1. The second-order valence-electron chi connectivity index (χ2n) is 4.95. The zero-order chi connectivity index (χ0) is 14.3. The van der Waals surface area contributed by atoms with E-state index in [0.717, 1.165) is 18.7 Å². The average molecular weight is 283 g/mol. The van der Waals surface area contributed by atoms with Crippen molar-refractivity contribution in [1.29, 1.82) is 0 Å². The highest BCUT2D eigenvalue weighted by molar-refractivity contribution is 6.29. The van der Waals surface area contributed by atoms with Gasteiger partial charge in [-0.25, -0.2) is 4.98 Å². The minimum Gasteiger partial charge on any atom is -0.352 e. The largest absolute Gasteiger partial charge is 0.352 e. The van der Waals surface area contributed by atoms with Gasteiger partial charge < -0.3 is 5.32 Å². The van der Waals surface area contributed by atoms with Crippen LogP contribution in [0.1, 0.15) is 55.6 Å². The number of halogens is 1. The van der Waals surface area contributed by atoms with Crippen LogP contribution in [0.2, 0.25) is 5.15 Å². The quantitative estimate of drug-likeness (QED) is 0.768. The van der Waals surface area contributed by atoms with E-state index in [1.807, 2.05) is 6.92 Å². The Morgan fingerprint density at radius 1 is 1.42 bits per heavy atom. The molecule has 0 aliphatic rings. The summed E-state index contributed by atoms with van der Waals surface area (Å²) in [4.78, 5) is 16.1. The highest BCUT2D eigenvalue weighted by Gasteiger charge is 2.11. The first kappa shape index (κ1) is 16.0. The molecule has 106 valence electrons. The van der Waals surface area contributed by atoms with Gasteiger partial charge in [0.15, 0.2) is 0 Å². The molecular weight excluding hydrogens is 260 g/mol. The van der Waals surface area contributed by atoms with Crippen LogP contribution in [0.4, 0.5) is 0 Å². The number of rotatable bonds is 7. The predicted molar refractivity (Wildman–Crippen MR) is 79.6 cm³/mol. The summed E-state index contributed by atoms with van der Waals surface area (Å²) >= 11 is 5.86. The second kappa shape index (κ2) is 8.16. The highest BCUT2D eigenvalue weighted by atomic mass is 35.5. The number of nitrogens with one attached hydrogen (secondary N) is 1. The molecule has 0 saturated carbocycles. The Balaban J connectivity index is 2.54. The third kappa shape index (κ3) is 5.60. The molecule has 0 aromatic carbocycles. The van der Waals surface area contributed by atoms with E-state index in [2.05, 4.69) is 24.1 Å². The molecule has 1 unspecified atom stereocenters. The molecule has 3 nitrogen and oxygen atoms in total. The number of amides is 1. The molecule has 0 spiro atoms. The maximum Gasteiger partial charge on any atom is 0.251 e. The summed E-state index contributed by atoms with van der Waals surface area (Å²) in [7, 11) is 0. The normalized spacial score (nSPS) is 12.2. The summed E-state index contributed by atoms with van der Waals surface area (Å²) in [6.07, 6.45) is 4.68. The van der Waals surface area contributed by atoms with E-state index in [-0.39, 0.29) is 5.91 Å². The molecule has 1 rings (SSSR count). The summed E-state index contributed by atoms with van der Waals surface area (Å²) in [5.74, 6) is 0.490. The van der Waals surface area contributed by atoms with Crippen molar-refractivity contribution in [2.45, 2.75) is 46.5 Å². The Labute approximate surface area is 120 Å². The van der Waals surface area contributed by atoms with Crippen molar-refractivity contribution in [2.24, 2.45) is 5.92 Å². The molecule has 0 aliphatic heterocycles. The molecule has 4 heteroatoms. The predicted octanol–water partition coefficient (Wildman–Crippen LogP) is 3.99. The van der Waals surface area contributed by atoms with Crippen LogP contribution >= 0.6 is 11.6 Å². The number of unbranched alkanes of at least 4 members (excludes halogenated alkanes) is 1. The molecule has 1 heterocycles. The number of carbonyl (C=O) groups excluding carboxylic acids is 1. The minimum absolute atomic E-state index is 0.0673. The van der Waals surface area contributed by atoms with Crippen molar-refractivity contribution < 1.29 is 4.79 Å². The van der Waals surface area contributed by atoms with Crippen molar-refractivity contribution in [3.05, 3.63) is 28.5 Å². The van der Waals surface area contributed by atoms with E-state index in [1.165, 1.54) is 19.3 Å². The van der Waals surface area contributed by atoms with Gasteiger partial charge in [0, 0.05) is 17.8 Å². The lowest BCUT2D eigenvalue weighted by atomic mass is 9.99. The first-order valence-corrected chi connectivity index (χ1v) is 7.37. The second-order valence-corrected chi connectivity index (χ2v) is 5.33. The first-order valence-electron chi connectivity index (χ1n) is 6.99. The molecule has 0 saturated heterocycles. The van der Waals surface area contributed by atoms with Crippen LogP contribution in [0.5, 0.6) is 0 Å². The number of nitrogens with zero attached hydrogens (tertiary/aromatic N) is 1. The number of carbonyl (C=O) groups is 1. The van der Waals surface area contributed by atoms with Crippen molar-refractivity contribution in [3.63, 3.8) is 0 Å². The molecule has 1 atom stereocenters. The van der Waals surface area contributed by atoms with Crippen LogP contribution < -0.4 is 5.32 Å². The lowest BCUT2D eigenvalue weighted by Crippen LogP contribution is -2.29. The third-order valence-electron chi connectivity index (χ3n) is 3.28. The van der Waals surface area contributed by atoms with E-state index in [0.29, 0.717) is 16.6 Å². The van der Waals surface area contributed by atoms with Gasteiger partial charge in [0.05, 0.1) is 0 Å². The molecule has 0 bridgehead atoms. The van der Waals surface area contributed by atoms with Crippen molar-refractivity contribution in [2.75, 3.05) is 6.54 Å². The summed E-state index contributed by atoms with van der Waals surface area (Å²) in [6.45, 7) is 6.92. The summed E-state index contributed by atoms with van der Waals surface area (Å²) in [5.41, 5.74) is 1.35. The average Bonchev–Trinajstić information content (AvgIpc) is 2.37. The van der Waals surface area contributed by atoms with Crippen LogP contribution in [0, 0.1) is 12.8 Å². The minimum atomic E-state index is -0.0673. The number of aryl methyl sites for hydroxylation is 1. The monoisotopic (exact) mass is 282 g/mol. The Hall–Kier alpha value is -1.09. The molecule has 0 aliphatic carbocycles. The van der Waals surface area contributed by atoms with E-state index in [9.17, 15) is 4.79 Å². The van der Waals surface area contributed by atoms with Gasteiger partial charge in [-0.1, -0.05) is 44.7 Å². The molecular formula is C15H23ClN2O. The van der Waals surface area contributed by atoms with Gasteiger partial charge in [0.25, 0.3) is 5.91 Å². The summed E-state index contributed by atoms with van der Waals surface area (Å²) in [6, 6.07) is 3.37. The lowest BCUT2D eigenvalue weighted by molar-refractivity contribution is 0.0945. The zero-order valence-electron chi connectivity index (χ0n) is 12.0. The van der Waals surface area contributed by atoms with Gasteiger partial charge in [0.1, 0.15) is 5.15 Å². The Morgan fingerprint density at radius 2 is 2.16 bits per heavy atom. The first-order chi connectivity index (χ1) is 9.06. The van der Waals surface area contributed by atoms with Gasteiger partial charge in [-0.05, 0) is 31.4 Å². The Bertz CT molecular complexity index is 400. The maximum atomic E-state index is 12.0.